The summed E-state index contributed by atoms with van der Waals surface area (Å²) in [4.78, 5) is 9.30. The zero-order valence-electron chi connectivity index (χ0n) is 18.2. The van der Waals surface area contributed by atoms with E-state index in [-0.39, 0.29) is 36.1 Å². The lowest BCUT2D eigenvalue weighted by atomic mass is 10.1. The quantitative estimate of drug-likeness (QED) is 0.312. The molecule has 0 bridgehead atoms. The number of hydrogen-bond acceptors (Lipinski definition) is 5. The van der Waals surface area contributed by atoms with Crippen molar-refractivity contribution < 1.29 is 9.47 Å². The summed E-state index contributed by atoms with van der Waals surface area (Å²) in [6.45, 7) is 8.33. The van der Waals surface area contributed by atoms with Gasteiger partial charge in [-0.25, -0.2) is 14.7 Å². The largest absolute Gasteiger partial charge is 0.497 e. The van der Waals surface area contributed by atoms with E-state index in [1.807, 2.05) is 35.9 Å². The van der Waals surface area contributed by atoms with Crippen molar-refractivity contribution in [3.8, 4) is 11.5 Å². The number of nitrogens with one attached hydrogen (secondary N) is 2. The van der Waals surface area contributed by atoms with Gasteiger partial charge in [0, 0.05) is 31.5 Å². The van der Waals surface area contributed by atoms with E-state index >= 15 is 0 Å². The average Bonchev–Trinajstić information content (AvgIpc) is 3.15. The van der Waals surface area contributed by atoms with Crippen LogP contribution in [0.15, 0.2) is 29.3 Å². The third kappa shape index (κ3) is 6.75. The average molecular weight is 528 g/mol. The van der Waals surface area contributed by atoms with Gasteiger partial charge < -0.3 is 20.1 Å². The zero-order chi connectivity index (χ0) is 20.6. The number of rotatable bonds is 8. The molecule has 1 aliphatic heterocycles. The molecule has 2 atom stereocenters. The number of guanidine groups is 1. The van der Waals surface area contributed by atoms with Crippen LogP contribution in [0.3, 0.4) is 0 Å². The maximum absolute atomic E-state index is 5.97. The molecule has 2 unspecified atom stereocenters. The van der Waals surface area contributed by atoms with Crippen LogP contribution in [0.25, 0.3) is 0 Å². The Morgan fingerprint density at radius 1 is 1.33 bits per heavy atom. The second-order valence-corrected chi connectivity index (χ2v) is 7.19. The number of fused-ring (bicyclic) bond motifs is 1. The highest BCUT2D eigenvalue weighted by Crippen LogP contribution is 2.20. The highest BCUT2D eigenvalue weighted by Gasteiger charge is 2.22. The van der Waals surface area contributed by atoms with Crippen molar-refractivity contribution in [3.05, 3.63) is 35.9 Å². The Morgan fingerprint density at radius 3 is 2.87 bits per heavy atom. The lowest BCUT2D eigenvalue weighted by Crippen LogP contribution is -2.47. The van der Waals surface area contributed by atoms with Crippen LogP contribution in [0.4, 0.5) is 0 Å². The topological polar surface area (TPSA) is 85.6 Å². The van der Waals surface area contributed by atoms with E-state index in [1.54, 1.807) is 7.11 Å². The first-order chi connectivity index (χ1) is 14.1. The molecule has 0 radical (unpaired) electrons. The minimum Gasteiger partial charge on any atom is -0.497 e. The molecule has 0 amide bonds. The third-order valence-corrected chi connectivity index (χ3v) is 4.79. The van der Waals surface area contributed by atoms with Crippen LogP contribution in [-0.2, 0) is 19.4 Å². The van der Waals surface area contributed by atoms with Gasteiger partial charge in [-0.2, -0.15) is 5.10 Å². The fraction of sp³-hybridized carbons (Fsp3) is 0.571. The van der Waals surface area contributed by atoms with Crippen molar-refractivity contribution in [1.29, 1.82) is 0 Å². The van der Waals surface area contributed by atoms with E-state index in [1.165, 1.54) is 0 Å². The number of benzene rings is 1. The Labute approximate surface area is 195 Å². The first kappa shape index (κ1) is 24.2. The van der Waals surface area contributed by atoms with Gasteiger partial charge >= 0.3 is 0 Å². The van der Waals surface area contributed by atoms with Crippen molar-refractivity contribution in [2.24, 2.45) is 4.99 Å². The monoisotopic (exact) mass is 528 g/mol. The van der Waals surface area contributed by atoms with Gasteiger partial charge in [0.25, 0.3) is 0 Å². The van der Waals surface area contributed by atoms with Crippen molar-refractivity contribution >= 4 is 29.9 Å². The van der Waals surface area contributed by atoms with Gasteiger partial charge in [0.2, 0.25) is 0 Å². The molecular weight excluding hydrogens is 495 g/mol. The van der Waals surface area contributed by atoms with Gasteiger partial charge in [-0.1, -0.05) is 13.0 Å². The van der Waals surface area contributed by atoms with Gasteiger partial charge in [-0.3, -0.25) is 0 Å². The third-order valence-electron chi connectivity index (χ3n) is 4.79. The molecule has 2 N–H and O–H groups in total. The Morgan fingerprint density at radius 2 is 2.13 bits per heavy atom. The van der Waals surface area contributed by atoms with Crippen LogP contribution >= 0.6 is 24.0 Å². The summed E-state index contributed by atoms with van der Waals surface area (Å²) < 4.78 is 13.2. The Kier molecular flexibility index (Phi) is 9.67. The van der Waals surface area contributed by atoms with Crippen LogP contribution < -0.4 is 20.1 Å². The molecule has 2 aromatic rings. The van der Waals surface area contributed by atoms with Crippen molar-refractivity contribution in [1.82, 2.24) is 25.4 Å². The molecule has 0 saturated heterocycles. The van der Waals surface area contributed by atoms with Crippen LogP contribution in [0, 0.1) is 0 Å². The number of hydrogen-bond donors (Lipinski definition) is 2. The number of methoxy groups -OCH3 is 1. The number of nitrogens with zero attached hydrogens (tertiary/aromatic N) is 4. The molecule has 1 aliphatic rings. The summed E-state index contributed by atoms with van der Waals surface area (Å²) >= 11 is 0. The highest BCUT2D eigenvalue weighted by atomic mass is 127. The fourth-order valence-electron chi connectivity index (χ4n) is 3.31. The van der Waals surface area contributed by atoms with Gasteiger partial charge in [-0.15, -0.1) is 24.0 Å². The molecule has 0 saturated carbocycles. The maximum atomic E-state index is 5.97. The molecule has 166 valence electrons. The van der Waals surface area contributed by atoms with E-state index in [0.717, 1.165) is 61.5 Å². The van der Waals surface area contributed by atoms with Gasteiger partial charge in [0.1, 0.15) is 23.4 Å². The van der Waals surface area contributed by atoms with E-state index in [4.69, 9.17) is 14.5 Å². The highest BCUT2D eigenvalue weighted by molar-refractivity contribution is 14.0. The predicted molar refractivity (Wildman–Crippen MR) is 129 cm³/mol. The molecule has 9 heteroatoms. The van der Waals surface area contributed by atoms with Crippen LogP contribution in [-0.4, -0.2) is 53.1 Å². The smallest absolute Gasteiger partial charge is 0.191 e. The maximum Gasteiger partial charge on any atom is 0.191 e. The second kappa shape index (κ2) is 12.0. The lowest BCUT2D eigenvalue weighted by molar-refractivity contribution is 0.229. The normalized spacial score (nSPS) is 16.8. The first-order valence-electron chi connectivity index (χ1n) is 10.4. The van der Waals surface area contributed by atoms with E-state index in [2.05, 4.69) is 34.6 Å². The Bertz CT molecular complexity index is 826. The standard InChI is InChI=1S/C21H32N6O2.HI/c1-5-19-25-20-11-10-16(14-27(20)26-19)24-21(22-6-2)23-13-15(3)29-18-9-7-8-17(12-18)28-4;/h7-9,12,15-16H,5-6,10-11,13-14H2,1-4H3,(H2,22,23,24);1H. The molecule has 2 heterocycles. The van der Waals surface area contributed by atoms with Crippen molar-refractivity contribution in [3.63, 3.8) is 0 Å². The first-order valence-corrected chi connectivity index (χ1v) is 10.4. The molecule has 0 spiro atoms. The van der Waals surface area contributed by atoms with Gasteiger partial charge in [0.15, 0.2) is 11.8 Å². The fourth-order valence-corrected chi connectivity index (χ4v) is 3.31. The molecule has 30 heavy (non-hydrogen) atoms. The Hall–Kier alpha value is -2.04. The van der Waals surface area contributed by atoms with Gasteiger partial charge in [-0.05, 0) is 32.4 Å². The van der Waals surface area contributed by atoms with Crippen LogP contribution in [0.1, 0.15) is 38.8 Å². The van der Waals surface area contributed by atoms with Crippen molar-refractivity contribution in [2.75, 3.05) is 20.2 Å². The van der Waals surface area contributed by atoms with Crippen molar-refractivity contribution in [2.45, 2.75) is 58.7 Å². The number of ether oxygens (including phenoxy) is 2. The van der Waals surface area contributed by atoms with Crippen LogP contribution in [0.5, 0.6) is 11.5 Å². The molecular formula is C21H33IN6O2. The molecule has 8 nitrogen and oxygen atoms in total. The molecule has 0 fully saturated rings. The summed E-state index contributed by atoms with van der Waals surface area (Å²) in [6, 6.07) is 7.90. The molecule has 3 rings (SSSR count). The zero-order valence-corrected chi connectivity index (χ0v) is 20.6. The van der Waals surface area contributed by atoms with Gasteiger partial charge in [0.05, 0.1) is 20.2 Å². The second-order valence-electron chi connectivity index (χ2n) is 7.19. The number of halogens is 1. The van der Waals surface area contributed by atoms with E-state index in [9.17, 15) is 0 Å². The molecule has 0 aliphatic carbocycles. The van der Waals surface area contributed by atoms with E-state index < -0.39 is 0 Å². The summed E-state index contributed by atoms with van der Waals surface area (Å²) in [5.41, 5.74) is 0. The number of aromatic nitrogens is 3. The number of aliphatic imine (C=N–C) groups is 1. The molecule has 1 aromatic heterocycles. The summed E-state index contributed by atoms with van der Waals surface area (Å²) in [5.74, 6) is 4.37. The lowest BCUT2D eigenvalue weighted by Gasteiger charge is -2.25. The summed E-state index contributed by atoms with van der Waals surface area (Å²) in [6.07, 6.45) is 2.76. The predicted octanol–water partition coefficient (Wildman–Crippen LogP) is 2.80. The SMILES string of the molecule is CCNC(=NCC(C)Oc1cccc(OC)c1)NC1CCc2nc(CC)nn2C1.I. The Balaban J connectivity index is 0.00000320. The summed E-state index contributed by atoms with van der Waals surface area (Å²) in [7, 11) is 1.65. The van der Waals surface area contributed by atoms with Crippen LogP contribution in [0.2, 0.25) is 0 Å². The summed E-state index contributed by atoms with van der Waals surface area (Å²) in [5, 5.41) is 11.4. The van der Waals surface area contributed by atoms with E-state index in [0.29, 0.717) is 6.54 Å². The minimum absolute atomic E-state index is 0. The number of aryl methyl sites for hydroxylation is 2. The molecule has 1 aromatic carbocycles. The minimum atomic E-state index is -0.0575.